The number of allylic oxidation sites excluding steroid dienone is 2. The Balaban J connectivity index is 1.67. The molecule has 2 aliphatic rings. The number of piperazine rings is 1. The predicted molar refractivity (Wildman–Crippen MR) is 197 cm³/mol. The molecule has 7 nitrogen and oxygen atoms in total. The van der Waals surface area contributed by atoms with Crippen LogP contribution in [-0.4, -0.2) is 80.6 Å². The molecule has 2 saturated heterocycles. The van der Waals surface area contributed by atoms with Gasteiger partial charge in [0.1, 0.15) is 5.82 Å². The molecule has 2 aliphatic heterocycles. The third kappa shape index (κ3) is 8.65. The topological polar surface area (TPSA) is 76.9 Å². The molecule has 0 aliphatic carbocycles. The number of carbonyl (C=O) groups excluding carboxylic acids is 1. The zero-order chi connectivity index (χ0) is 32.7. The number of rotatable bonds is 15. The van der Waals surface area contributed by atoms with Gasteiger partial charge in [0.05, 0.1) is 24.4 Å². The molecule has 9 heteroatoms. The molecule has 0 aromatic heterocycles. The SMILES string of the molecule is C=C/C(=C\CCC)S(=C)(=C)N1CSC(C)(C)[C@H]1C(=C)NC(Cc1ccc(CC(=O)N2CCN(C(=C)NN)CC2)cc1)C(=C)C. The first-order valence-electron chi connectivity index (χ1n) is 15.3. The molecule has 1 aromatic rings. The summed E-state index contributed by atoms with van der Waals surface area (Å²) >= 11 is 1.92. The largest absolute Gasteiger partial charge is 0.381 e. The smallest absolute Gasteiger partial charge is 0.227 e. The Morgan fingerprint density at radius 3 is 2.25 bits per heavy atom. The number of hydrogen-bond donors (Lipinski definition) is 3. The molecule has 1 amide bonds. The lowest BCUT2D eigenvalue weighted by atomic mass is 9.96. The third-order valence-corrected chi connectivity index (χ3v) is 12.5. The maximum absolute atomic E-state index is 13.0. The van der Waals surface area contributed by atoms with Crippen LogP contribution in [0.15, 0.2) is 84.7 Å². The molecular weight excluding hydrogens is 585 g/mol. The number of hydrazine groups is 1. The molecule has 0 radical (unpaired) electrons. The summed E-state index contributed by atoms with van der Waals surface area (Å²) in [4.78, 5) is 18.1. The van der Waals surface area contributed by atoms with Crippen LogP contribution in [0.25, 0.3) is 0 Å². The lowest BCUT2D eigenvalue weighted by Crippen LogP contribution is -2.50. The minimum absolute atomic E-state index is 0.0147. The molecule has 3 rings (SSSR count). The van der Waals surface area contributed by atoms with Crippen molar-refractivity contribution in [3.63, 3.8) is 0 Å². The van der Waals surface area contributed by atoms with E-state index in [0.29, 0.717) is 25.3 Å². The number of unbranched alkanes of at least 4 members (excludes halogenated alkanes) is 1. The summed E-state index contributed by atoms with van der Waals surface area (Å²) in [7, 11) is -1.75. The zero-order valence-electron chi connectivity index (χ0n) is 27.4. The van der Waals surface area contributed by atoms with E-state index in [1.165, 1.54) is 5.56 Å². The summed E-state index contributed by atoms with van der Waals surface area (Å²) in [5, 5.41) is 3.75. The van der Waals surface area contributed by atoms with Gasteiger partial charge in [-0.05, 0) is 44.7 Å². The van der Waals surface area contributed by atoms with Gasteiger partial charge in [-0.1, -0.05) is 93.4 Å². The van der Waals surface area contributed by atoms with Crippen molar-refractivity contribution in [2.75, 3.05) is 32.1 Å². The normalized spacial score (nSPS) is 19.8. The molecule has 0 saturated carbocycles. The number of hydrogen-bond acceptors (Lipinski definition) is 7. The van der Waals surface area contributed by atoms with Crippen LogP contribution in [0.4, 0.5) is 0 Å². The summed E-state index contributed by atoms with van der Waals surface area (Å²) in [5.74, 6) is 16.4. The quantitative estimate of drug-likeness (QED) is 0.0770. The minimum Gasteiger partial charge on any atom is -0.381 e. The highest BCUT2D eigenvalue weighted by molar-refractivity contribution is 8.29. The van der Waals surface area contributed by atoms with E-state index in [2.05, 4.69) is 116 Å². The van der Waals surface area contributed by atoms with Crippen LogP contribution >= 0.6 is 21.2 Å². The summed E-state index contributed by atoms with van der Waals surface area (Å²) in [6.07, 6.45) is 7.40. The van der Waals surface area contributed by atoms with Crippen molar-refractivity contribution in [2.24, 2.45) is 5.84 Å². The van der Waals surface area contributed by atoms with Crippen LogP contribution in [0.2, 0.25) is 0 Å². The van der Waals surface area contributed by atoms with Gasteiger partial charge >= 0.3 is 0 Å². The monoisotopic (exact) mass is 638 g/mol. The van der Waals surface area contributed by atoms with Crippen molar-refractivity contribution in [1.29, 1.82) is 0 Å². The lowest BCUT2D eigenvalue weighted by molar-refractivity contribution is -0.132. The van der Waals surface area contributed by atoms with E-state index in [1.54, 1.807) is 0 Å². The second kappa shape index (κ2) is 15.4. The van der Waals surface area contributed by atoms with Gasteiger partial charge in [-0.2, -0.15) is 0 Å². The zero-order valence-corrected chi connectivity index (χ0v) is 29.0. The van der Waals surface area contributed by atoms with Gasteiger partial charge < -0.3 is 20.5 Å². The molecule has 0 bridgehead atoms. The van der Waals surface area contributed by atoms with Gasteiger partial charge in [-0.25, -0.2) is 10.1 Å². The molecule has 242 valence electrons. The van der Waals surface area contributed by atoms with Crippen LogP contribution in [-0.2, 0) is 17.6 Å². The maximum Gasteiger partial charge on any atom is 0.227 e. The van der Waals surface area contributed by atoms with Crippen LogP contribution in [0, 0.1) is 0 Å². The van der Waals surface area contributed by atoms with Crippen LogP contribution < -0.4 is 16.6 Å². The van der Waals surface area contributed by atoms with Gasteiger partial charge in [-0.15, -0.1) is 21.2 Å². The van der Waals surface area contributed by atoms with Gasteiger partial charge in [0.25, 0.3) is 0 Å². The highest BCUT2D eigenvalue weighted by Gasteiger charge is 2.45. The van der Waals surface area contributed by atoms with Crippen molar-refractivity contribution in [1.82, 2.24) is 24.8 Å². The second-order valence-electron chi connectivity index (χ2n) is 12.4. The fourth-order valence-corrected chi connectivity index (χ4v) is 9.60. The van der Waals surface area contributed by atoms with Crippen LogP contribution in [0.3, 0.4) is 0 Å². The van der Waals surface area contributed by atoms with E-state index in [1.807, 2.05) is 22.7 Å². The fraction of sp³-hybridized carbons (Fsp3) is 0.457. The lowest BCUT2D eigenvalue weighted by Gasteiger charge is -2.39. The van der Waals surface area contributed by atoms with E-state index in [9.17, 15) is 4.79 Å². The summed E-state index contributed by atoms with van der Waals surface area (Å²) < 4.78 is 2.37. The van der Waals surface area contributed by atoms with Crippen LogP contribution in [0.5, 0.6) is 0 Å². The first kappa shape index (κ1) is 35.6. The van der Waals surface area contributed by atoms with E-state index < -0.39 is 9.39 Å². The fourth-order valence-electron chi connectivity index (χ4n) is 5.73. The van der Waals surface area contributed by atoms with Crippen molar-refractivity contribution >= 4 is 38.8 Å². The first-order valence-corrected chi connectivity index (χ1v) is 18.3. The first-order chi connectivity index (χ1) is 20.7. The number of nitrogens with two attached hydrogens (primary N) is 1. The molecule has 0 spiro atoms. The van der Waals surface area contributed by atoms with E-state index in [4.69, 9.17) is 5.84 Å². The van der Waals surface area contributed by atoms with E-state index in [0.717, 1.165) is 60.0 Å². The third-order valence-electron chi connectivity index (χ3n) is 8.52. The van der Waals surface area contributed by atoms with Crippen molar-refractivity contribution < 1.29 is 4.79 Å². The average Bonchev–Trinajstić information content (AvgIpc) is 3.33. The van der Waals surface area contributed by atoms with Gasteiger partial charge in [0.2, 0.25) is 5.91 Å². The number of carbonyl (C=O) groups is 1. The van der Waals surface area contributed by atoms with Gasteiger partial charge in [-0.3, -0.25) is 4.79 Å². The van der Waals surface area contributed by atoms with Crippen molar-refractivity contribution in [2.45, 2.75) is 70.2 Å². The Kier molecular flexibility index (Phi) is 12.5. The molecule has 44 heavy (non-hydrogen) atoms. The Morgan fingerprint density at radius 2 is 1.70 bits per heavy atom. The highest BCUT2D eigenvalue weighted by atomic mass is 32.2. The molecule has 2 heterocycles. The number of amides is 1. The number of benzene rings is 1. The molecule has 2 fully saturated rings. The summed E-state index contributed by atoms with van der Waals surface area (Å²) in [6, 6.07) is 8.43. The minimum atomic E-state index is -1.75. The van der Waals surface area contributed by atoms with Crippen molar-refractivity contribution in [3.05, 3.63) is 95.9 Å². The Hall–Kier alpha value is -2.85. The van der Waals surface area contributed by atoms with E-state index >= 15 is 0 Å². The van der Waals surface area contributed by atoms with Gasteiger partial charge in [0, 0.05) is 41.5 Å². The van der Waals surface area contributed by atoms with Crippen molar-refractivity contribution in [3.8, 4) is 0 Å². The molecule has 2 atom stereocenters. The Labute approximate surface area is 271 Å². The predicted octanol–water partition coefficient (Wildman–Crippen LogP) is 5.51. The Bertz CT molecular complexity index is 1350. The molecule has 4 N–H and O–H groups in total. The molecule has 1 aromatic carbocycles. The Morgan fingerprint density at radius 1 is 1.11 bits per heavy atom. The maximum atomic E-state index is 13.0. The summed E-state index contributed by atoms with van der Waals surface area (Å²) in [6.45, 7) is 28.4. The summed E-state index contributed by atoms with van der Waals surface area (Å²) in [5.41, 5.74) is 6.79. The van der Waals surface area contributed by atoms with Gasteiger partial charge in [0.15, 0.2) is 0 Å². The number of nitrogens with one attached hydrogen (secondary N) is 2. The molecular formula is C35H54N6OS2. The highest BCUT2D eigenvalue weighted by Crippen LogP contribution is 2.51. The van der Waals surface area contributed by atoms with E-state index in [-0.39, 0.29) is 22.7 Å². The average molecular weight is 639 g/mol. The number of nitrogens with zero attached hydrogens (tertiary/aromatic N) is 3. The second-order valence-corrected chi connectivity index (χ2v) is 16.6. The van der Waals surface area contributed by atoms with Crippen LogP contribution in [0.1, 0.15) is 51.7 Å². The molecule has 1 unspecified atom stereocenters. The number of thioether (sulfide) groups is 1. The standard InChI is InChI=1S/C35H54N6OS2/c1-11-13-14-31(12-2)44(9,10)41-25-43-35(7,8)34(41)27(5)37-32(26(3)4)23-29-15-17-30(18-16-29)24-33(42)40-21-19-39(20-22-40)28(6)38-36/h12,14-18,32,34,37-38H,2-3,5-6,9-11,13,19-25,36H2,1,4,7-8H3/b31-14+/t32?,34-/m1/s1.